The van der Waals surface area contributed by atoms with E-state index in [1.54, 1.807) is 19.3 Å². The summed E-state index contributed by atoms with van der Waals surface area (Å²) in [6.07, 6.45) is 3.35. The van der Waals surface area contributed by atoms with E-state index in [1.807, 2.05) is 24.3 Å². The predicted molar refractivity (Wildman–Crippen MR) is 78.8 cm³/mol. The van der Waals surface area contributed by atoms with E-state index in [-0.39, 0.29) is 11.6 Å². The average Bonchev–Trinajstić information content (AvgIpc) is 3.04. The molecule has 1 aliphatic heterocycles. The van der Waals surface area contributed by atoms with Crippen LogP contribution in [0.4, 0.5) is 0 Å². The van der Waals surface area contributed by atoms with Crippen LogP contribution in [0.15, 0.2) is 40.7 Å². The molecule has 2 amide bonds. The summed E-state index contributed by atoms with van der Waals surface area (Å²) in [5.41, 5.74) is 6.62. The zero-order valence-electron chi connectivity index (χ0n) is 11.3. The number of hydrazone groups is 2. The molecule has 3 rings (SSSR count). The molecule has 2 heterocycles. The van der Waals surface area contributed by atoms with Gasteiger partial charge in [-0.3, -0.25) is 9.59 Å². The first kappa shape index (κ1) is 13.0. The number of carbonyl (C=O) groups is 2. The Bertz CT molecular complexity index is 775. The summed E-state index contributed by atoms with van der Waals surface area (Å²) in [5, 5.41) is 8.60. The number of amides is 2. The summed E-state index contributed by atoms with van der Waals surface area (Å²) in [7, 11) is 0. The number of nitrogens with one attached hydrogen (secondary N) is 3. The molecule has 0 spiro atoms. The van der Waals surface area contributed by atoms with Crippen molar-refractivity contribution >= 4 is 34.6 Å². The molecule has 0 aliphatic carbocycles. The Kier molecular flexibility index (Phi) is 3.23. The second-order valence-corrected chi connectivity index (χ2v) is 4.68. The molecule has 0 saturated carbocycles. The Morgan fingerprint density at radius 1 is 1.43 bits per heavy atom. The predicted octanol–water partition coefficient (Wildman–Crippen LogP) is 0.740. The number of nitrogens with zero attached hydrogens (tertiary/aromatic N) is 2. The number of rotatable bonds is 3. The lowest BCUT2D eigenvalue weighted by atomic mass is 10.1. The van der Waals surface area contributed by atoms with Crippen molar-refractivity contribution in [3.8, 4) is 0 Å². The van der Waals surface area contributed by atoms with Crippen molar-refractivity contribution in [3.63, 3.8) is 0 Å². The molecule has 0 bridgehead atoms. The Morgan fingerprint density at radius 3 is 3.00 bits per heavy atom. The van der Waals surface area contributed by atoms with Gasteiger partial charge in [-0.15, -0.1) is 0 Å². The van der Waals surface area contributed by atoms with E-state index in [0.29, 0.717) is 0 Å². The van der Waals surface area contributed by atoms with Gasteiger partial charge in [0.25, 0.3) is 5.91 Å². The van der Waals surface area contributed by atoms with E-state index >= 15 is 0 Å². The second kappa shape index (κ2) is 5.20. The molecule has 7 nitrogen and oxygen atoms in total. The van der Waals surface area contributed by atoms with Crippen LogP contribution in [0.1, 0.15) is 12.5 Å². The van der Waals surface area contributed by atoms with Crippen molar-refractivity contribution in [1.29, 1.82) is 0 Å². The van der Waals surface area contributed by atoms with Gasteiger partial charge in [-0.05, 0) is 13.0 Å². The fourth-order valence-corrected chi connectivity index (χ4v) is 2.10. The van der Waals surface area contributed by atoms with Crippen LogP contribution in [-0.4, -0.2) is 28.7 Å². The summed E-state index contributed by atoms with van der Waals surface area (Å²) in [4.78, 5) is 26.2. The number of fused-ring (bicyclic) bond motifs is 1. The summed E-state index contributed by atoms with van der Waals surface area (Å²) in [5.74, 6) is -1.34. The smallest absolute Gasteiger partial charge is 0.288 e. The topological polar surface area (TPSA) is 98.7 Å². The Labute approximate surface area is 120 Å². The van der Waals surface area contributed by atoms with E-state index < -0.39 is 11.8 Å². The van der Waals surface area contributed by atoms with Crippen LogP contribution in [0, 0.1) is 5.92 Å². The van der Waals surface area contributed by atoms with E-state index in [2.05, 4.69) is 26.0 Å². The molecule has 3 N–H and O–H groups in total. The largest absolute Gasteiger partial charge is 0.361 e. The number of aromatic nitrogens is 1. The Balaban J connectivity index is 1.70. The van der Waals surface area contributed by atoms with Crippen LogP contribution < -0.4 is 10.9 Å². The van der Waals surface area contributed by atoms with Crippen LogP contribution in [0.2, 0.25) is 0 Å². The van der Waals surface area contributed by atoms with E-state index in [0.717, 1.165) is 16.5 Å². The summed E-state index contributed by atoms with van der Waals surface area (Å²) in [6.45, 7) is 1.62. The highest BCUT2D eigenvalue weighted by molar-refractivity contribution is 6.44. The molecule has 2 aromatic rings. The third kappa shape index (κ3) is 2.40. The van der Waals surface area contributed by atoms with Crippen LogP contribution in [0.25, 0.3) is 10.9 Å². The monoisotopic (exact) mass is 283 g/mol. The summed E-state index contributed by atoms with van der Waals surface area (Å²) < 4.78 is 0. The molecule has 7 heteroatoms. The van der Waals surface area contributed by atoms with Gasteiger partial charge in [-0.2, -0.15) is 10.2 Å². The van der Waals surface area contributed by atoms with Crippen molar-refractivity contribution in [3.05, 3.63) is 36.0 Å². The van der Waals surface area contributed by atoms with Gasteiger partial charge >= 0.3 is 0 Å². The normalized spacial score (nSPS) is 18.0. The highest BCUT2D eigenvalue weighted by Crippen LogP contribution is 2.15. The van der Waals surface area contributed by atoms with E-state index in [1.165, 1.54) is 0 Å². The first-order chi connectivity index (χ1) is 10.2. The minimum atomic E-state index is -0.562. The van der Waals surface area contributed by atoms with Gasteiger partial charge in [0.05, 0.1) is 12.1 Å². The highest BCUT2D eigenvalue weighted by Gasteiger charge is 2.30. The van der Waals surface area contributed by atoms with Gasteiger partial charge in [0.1, 0.15) is 5.71 Å². The molecule has 21 heavy (non-hydrogen) atoms. The number of benzene rings is 1. The number of carbonyl (C=O) groups excluding carboxylic acids is 2. The number of H-pyrrole nitrogens is 1. The number of para-hydroxylation sites is 1. The van der Waals surface area contributed by atoms with Gasteiger partial charge in [0.15, 0.2) is 0 Å². The lowest BCUT2D eigenvalue weighted by Gasteiger charge is -2.01. The molecule has 1 atom stereocenters. The Hall–Kier alpha value is -2.96. The van der Waals surface area contributed by atoms with Crippen LogP contribution in [-0.2, 0) is 9.59 Å². The maximum Gasteiger partial charge on any atom is 0.288 e. The fraction of sp³-hybridized carbons (Fsp3) is 0.143. The van der Waals surface area contributed by atoms with Gasteiger partial charge in [0.2, 0.25) is 5.91 Å². The molecule has 1 aliphatic rings. The van der Waals surface area contributed by atoms with Crippen LogP contribution >= 0.6 is 0 Å². The third-order valence-electron chi connectivity index (χ3n) is 3.31. The number of aromatic amines is 1. The average molecular weight is 283 g/mol. The van der Waals surface area contributed by atoms with Crippen molar-refractivity contribution in [1.82, 2.24) is 15.8 Å². The molecule has 1 aromatic heterocycles. The SMILES string of the molecule is C[C@@H]1C(=O)NN=C1C(=O)N/N=C/c1c[nH]c2ccccc12. The summed E-state index contributed by atoms with van der Waals surface area (Å²) >= 11 is 0. The maximum atomic E-state index is 11.8. The molecule has 1 aromatic carbocycles. The zero-order chi connectivity index (χ0) is 14.8. The second-order valence-electron chi connectivity index (χ2n) is 4.68. The molecular formula is C14H13N5O2. The maximum absolute atomic E-state index is 11.8. The van der Waals surface area contributed by atoms with E-state index in [9.17, 15) is 9.59 Å². The zero-order valence-corrected chi connectivity index (χ0v) is 11.3. The number of hydrogen-bond acceptors (Lipinski definition) is 4. The van der Waals surface area contributed by atoms with Crippen molar-refractivity contribution in [2.45, 2.75) is 6.92 Å². The molecule has 0 radical (unpaired) electrons. The van der Waals surface area contributed by atoms with E-state index in [4.69, 9.17) is 0 Å². The molecule has 0 unspecified atom stereocenters. The molecular weight excluding hydrogens is 270 g/mol. The number of hydrogen-bond donors (Lipinski definition) is 3. The van der Waals surface area contributed by atoms with Crippen LogP contribution in [0.5, 0.6) is 0 Å². The highest BCUT2D eigenvalue weighted by atomic mass is 16.2. The van der Waals surface area contributed by atoms with Gasteiger partial charge in [0, 0.05) is 22.7 Å². The lowest BCUT2D eigenvalue weighted by molar-refractivity contribution is -0.122. The molecule has 106 valence electrons. The molecule has 0 saturated heterocycles. The lowest BCUT2D eigenvalue weighted by Crippen LogP contribution is -2.32. The van der Waals surface area contributed by atoms with Gasteiger partial charge in [-0.25, -0.2) is 10.9 Å². The van der Waals surface area contributed by atoms with Crippen molar-refractivity contribution < 1.29 is 9.59 Å². The van der Waals surface area contributed by atoms with Gasteiger partial charge < -0.3 is 4.98 Å². The quantitative estimate of drug-likeness (QED) is 0.572. The Morgan fingerprint density at radius 2 is 2.24 bits per heavy atom. The van der Waals surface area contributed by atoms with Gasteiger partial charge in [-0.1, -0.05) is 18.2 Å². The van der Waals surface area contributed by atoms with Crippen LogP contribution in [0.3, 0.4) is 0 Å². The first-order valence-electron chi connectivity index (χ1n) is 6.44. The minimum Gasteiger partial charge on any atom is -0.361 e. The standard InChI is InChI=1S/C14H13N5O2/c1-8-12(17-19-13(8)20)14(21)18-16-7-9-6-15-11-5-3-2-4-10(9)11/h2-8,15H,1H3,(H,18,21)(H,19,20)/b16-7+/t8-/m0/s1. The summed E-state index contributed by atoms with van der Waals surface area (Å²) in [6, 6.07) is 7.78. The minimum absolute atomic E-state index is 0.135. The fourth-order valence-electron chi connectivity index (χ4n) is 2.10. The van der Waals surface area contributed by atoms with Crippen molar-refractivity contribution in [2.75, 3.05) is 0 Å². The molecule has 0 fully saturated rings. The third-order valence-corrected chi connectivity index (χ3v) is 3.31. The van der Waals surface area contributed by atoms with Crippen molar-refractivity contribution in [2.24, 2.45) is 16.1 Å². The first-order valence-corrected chi connectivity index (χ1v) is 6.44.